The molecule has 6 rings (SSSR count). The Kier molecular flexibility index (Phi) is 8.35. The fraction of sp³-hybridized carbons (Fsp3) is 0.464. The number of hydrogen-bond acceptors (Lipinski definition) is 7. The van der Waals surface area contributed by atoms with Crippen molar-refractivity contribution in [2.24, 2.45) is 0 Å². The first-order valence-corrected chi connectivity index (χ1v) is 18.0. The van der Waals surface area contributed by atoms with Gasteiger partial charge in [0.2, 0.25) is 10.0 Å². The number of aliphatic hydroxyl groups is 1. The Hall–Kier alpha value is -2.89. The molecule has 45 heavy (non-hydrogen) atoms. The van der Waals surface area contributed by atoms with Gasteiger partial charge in [0, 0.05) is 67.0 Å². The fourth-order valence-corrected chi connectivity index (χ4v) is 8.84. The zero-order valence-electron chi connectivity index (χ0n) is 24.2. The van der Waals surface area contributed by atoms with Gasteiger partial charge in [0.1, 0.15) is 0 Å². The van der Waals surface area contributed by atoms with Crippen molar-refractivity contribution in [1.29, 1.82) is 0 Å². The van der Waals surface area contributed by atoms with Crippen molar-refractivity contribution in [3.8, 4) is 11.3 Å². The van der Waals surface area contributed by atoms with E-state index >= 15 is 0 Å². The Morgan fingerprint density at radius 1 is 1.09 bits per heavy atom. The number of aliphatic hydroxyl groups excluding tert-OH is 1. The van der Waals surface area contributed by atoms with Crippen LogP contribution in [0.1, 0.15) is 29.7 Å². The van der Waals surface area contributed by atoms with Crippen LogP contribution in [-0.2, 0) is 45.9 Å². The third kappa shape index (κ3) is 6.53. The summed E-state index contributed by atoms with van der Waals surface area (Å²) in [6, 6.07) is 9.18. The number of rotatable bonds is 7. The van der Waals surface area contributed by atoms with E-state index < -0.39 is 38.1 Å². The molecule has 0 spiro atoms. The predicted octanol–water partition coefficient (Wildman–Crippen LogP) is 3.54. The van der Waals surface area contributed by atoms with Gasteiger partial charge in [-0.1, -0.05) is 23.7 Å². The maximum Gasteiger partial charge on any atom is 0.416 e. The molecule has 244 valence electrons. The second-order valence-corrected chi connectivity index (χ2v) is 15.6. The molecule has 2 N–H and O–H groups in total. The van der Waals surface area contributed by atoms with Crippen LogP contribution in [0.2, 0.25) is 5.02 Å². The van der Waals surface area contributed by atoms with E-state index in [-0.39, 0.29) is 25.7 Å². The number of fused-ring (bicyclic) bond motifs is 2. The summed E-state index contributed by atoms with van der Waals surface area (Å²) in [7, 11) is -7.27. The first-order chi connectivity index (χ1) is 21.1. The van der Waals surface area contributed by atoms with Crippen LogP contribution < -0.4 is 9.03 Å². The minimum atomic E-state index is -4.50. The molecule has 3 aliphatic heterocycles. The van der Waals surface area contributed by atoms with Gasteiger partial charge < -0.3 is 10.0 Å². The average molecular weight is 689 g/mol. The monoisotopic (exact) mass is 688 g/mol. The van der Waals surface area contributed by atoms with Gasteiger partial charge in [-0.25, -0.2) is 12.7 Å². The Morgan fingerprint density at radius 2 is 1.78 bits per heavy atom. The van der Waals surface area contributed by atoms with E-state index in [9.17, 15) is 35.1 Å². The van der Waals surface area contributed by atoms with Crippen molar-refractivity contribution in [2.45, 2.75) is 50.7 Å². The molecule has 1 saturated heterocycles. The number of nitrogens with one attached hydrogen (secondary N) is 1. The highest BCUT2D eigenvalue weighted by Crippen LogP contribution is 2.41. The van der Waals surface area contributed by atoms with Crippen molar-refractivity contribution in [2.75, 3.05) is 41.5 Å². The molecule has 2 aromatic carbocycles. The first kappa shape index (κ1) is 32.1. The van der Waals surface area contributed by atoms with Gasteiger partial charge in [-0.3, -0.25) is 9.40 Å². The van der Waals surface area contributed by atoms with E-state index in [4.69, 9.17) is 11.6 Å². The lowest BCUT2D eigenvalue weighted by Gasteiger charge is -2.37. The SMILES string of the molecule is CS(=O)(=O)N1CCc2c(c(-c3ccc(C(F)(F)F)cc3)nn2CC(O)CN2CCC(N3c4cc(Cl)ccc4NS3(=O)=O)CC2)C1. The number of nitrogens with zero attached hydrogens (tertiary/aromatic N) is 5. The first-order valence-electron chi connectivity index (χ1n) is 14.3. The van der Waals surface area contributed by atoms with E-state index in [1.807, 2.05) is 4.90 Å². The van der Waals surface area contributed by atoms with Gasteiger partial charge in [-0.05, 0) is 43.2 Å². The van der Waals surface area contributed by atoms with Gasteiger partial charge in [0.05, 0.1) is 41.5 Å². The number of hydrogen-bond donors (Lipinski definition) is 2. The summed E-state index contributed by atoms with van der Waals surface area (Å²) in [6.07, 6.45) is -2.85. The number of benzene rings is 2. The molecule has 1 aromatic heterocycles. The molecule has 17 heteroatoms. The highest BCUT2D eigenvalue weighted by atomic mass is 35.5. The lowest BCUT2D eigenvalue weighted by atomic mass is 10.0. The second kappa shape index (κ2) is 11.7. The second-order valence-electron chi connectivity index (χ2n) is 11.6. The van der Waals surface area contributed by atoms with E-state index in [1.165, 1.54) is 20.7 Å². The zero-order chi connectivity index (χ0) is 32.3. The molecule has 0 aliphatic carbocycles. The summed E-state index contributed by atoms with van der Waals surface area (Å²) < 4.78 is 96.7. The van der Waals surface area contributed by atoms with Crippen molar-refractivity contribution < 1.29 is 35.1 Å². The van der Waals surface area contributed by atoms with Crippen molar-refractivity contribution >= 4 is 43.2 Å². The number of aromatic nitrogens is 2. The average Bonchev–Trinajstić information content (AvgIpc) is 3.45. The van der Waals surface area contributed by atoms with Crippen molar-refractivity contribution in [3.05, 3.63) is 64.3 Å². The van der Waals surface area contributed by atoms with Crippen molar-refractivity contribution in [3.63, 3.8) is 0 Å². The normalized spacial score (nSPS) is 20.1. The minimum absolute atomic E-state index is 0.0245. The van der Waals surface area contributed by atoms with Gasteiger partial charge in [0.25, 0.3) is 0 Å². The Morgan fingerprint density at radius 3 is 2.42 bits per heavy atom. The molecule has 11 nitrogen and oxygen atoms in total. The highest BCUT2D eigenvalue weighted by molar-refractivity contribution is 7.94. The largest absolute Gasteiger partial charge is 0.416 e. The van der Waals surface area contributed by atoms with Gasteiger partial charge in [-0.2, -0.15) is 31.0 Å². The molecule has 3 aliphatic rings. The van der Waals surface area contributed by atoms with Crippen molar-refractivity contribution in [1.82, 2.24) is 19.0 Å². The van der Waals surface area contributed by atoms with Crippen LogP contribution in [0.3, 0.4) is 0 Å². The molecule has 3 aromatic rings. The molecular formula is C28H32ClF3N6O5S2. The summed E-state index contributed by atoms with van der Waals surface area (Å²) in [5.74, 6) is 0. The molecule has 4 heterocycles. The van der Waals surface area contributed by atoms with E-state index in [2.05, 4.69) is 9.82 Å². The number of halogens is 4. The summed E-state index contributed by atoms with van der Waals surface area (Å²) >= 11 is 6.14. The quantitative estimate of drug-likeness (QED) is 0.389. The molecule has 0 amide bonds. The van der Waals surface area contributed by atoms with Crippen LogP contribution in [0, 0.1) is 0 Å². The number of likely N-dealkylation sites (tertiary alicyclic amines) is 1. The van der Waals surface area contributed by atoms with Gasteiger partial charge in [-0.15, -0.1) is 0 Å². The Balaban J connectivity index is 1.16. The fourth-order valence-electron chi connectivity index (χ4n) is 6.32. The number of alkyl halides is 3. The maximum atomic E-state index is 13.2. The summed E-state index contributed by atoms with van der Waals surface area (Å²) in [5, 5.41) is 16.2. The lowest BCUT2D eigenvalue weighted by Crippen LogP contribution is -2.48. The van der Waals surface area contributed by atoms with Crippen LogP contribution in [-0.4, -0.2) is 85.5 Å². The van der Waals surface area contributed by atoms with Crippen LogP contribution in [0.4, 0.5) is 24.5 Å². The number of sulfonamides is 1. The number of β-amino-alcohol motifs (C(OH)–C–C–N with tert-alkyl or cyclic N) is 1. The third-order valence-electron chi connectivity index (χ3n) is 8.49. The standard InChI is InChI=1S/C28H32ClF3N6O5S2/c1-44(40,41)36-13-10-25-23(17-36)27(18-2-4-19(5-3-18)28(30,31)32)33-37(25)16-22(39)15-35-11-8-21(9-12-35)38-26-14-20(29)6-7-24(26)34-45(38,42)43/h2-7,14,21-22,34,39H,8-13,15-17H2,1H3. The number of piperidine rings is 1. The molecule has 0 bridgehead atoms. The van der Waals surface area contributed by atoms with E-state index in [0.29, 0.717) is 72.1 Å². The van der Waals surface area contributed by atoms with E-state index in [1.54, 1.807) is 22.9 Å². The summed E-state index contributed by atoms with van der Waals surface area (Å²) in [4.78, 5) is 2.05. The Labute approximate surface area is 264 Å². The predicted molar refractivity (Wildman–Crippen MR) is 164 cm³/mol. The molecule has 0 saturated carbocycles. The topological polar surface area (TPSA) is 128 Å². The van der Waals surface area contributed by atoms with Crippen LogP contribution in [0.15, 0.2) is 42.5 Å². The summed E-state index contributed by atoms with van der Waals surface area (Å²) in [5.41, 5.74) is 2.31. The lowest BCUT2D eigenvalue weighted by molar-refractivity contribution is -0.137. The Bertz CT molecular complexity index is 1810. The van der Waals surface area contributed by atoms with Gasteiger partial charge >= 0.3 is 16.4 Å². The molecular weight excluding hydrogens is 657 g/mol. The van der Waals surface area contributed by atoms with Crippen LogP contribution >= 0.6 is 11.6 Å². The van der Waals surface area contributed by atoms with Crippen LogP contribution in [0.25, 0.3) is 11.3 Å². The van der Waals surface area contributed by atoms with E-state index in [0.717, 1.165) is 24.1 Å². The number of anilines is 2. The zero-order valence-corrected chi connectivity index (χ0v) is 26.6. The minimum Gasteiger partial charge on any atom is -0.390 e. The van der Waals surface area contributed by atoms with Crippen LogP contribution in [0.5, 0.6) is 0 Å². The third-order valence-corrected chi connectivity index (χ3v) is 11.5. The van der Waals surface area contributed by atoms with Gasteiger partial charge in [0.15, 0.2) is 0 Å². The summed E-state index contributed by atoms with van der Waals surface area (Å²) in [6.45, 7) is 1.72. The smallest absolute Gasteiger partial charge is 0.390 e. The molecule has 1 atom stereocenters. The highest BCUT2D eigenvalue weighted by Gasteiger charge is 2.40. The molecule has 1 unspecified atom stereocenters. The maximum absolute atomic E-state index is 13.2. The molecule has 1 fully saturated rings. The molecule has 0 radical (unpaired) electrons.